The molecule has 4 heteroatoms. The summed E-state index contributed by atoms with van der Waals surface area (Å²) in [6, 6.07) is 8.85. The van der Waals surface area contributed by atoms with Crippen molar-refractivity contribution in [1.29, 1.82) is 0 Å². The van der Waals surface area contributed by atoms with Crippen LogP contribution in [0.4, 0.5) is 5.69 Å². The summed E-state index contributed by atoms with van der Waals surface area (Å²) in [5, 5.41) is 9.57. The zero-order valence-corrected chi connectivity index (χ0v) is 11.1. The van der Waals surface area contributed by atoms with Gasteiger partial charge in [0, 0.05) is 18.0 Å². The summed E-state index contributed by atoms with van der Waals surface area (Å²) in [6.07, 6.45) is 6.69. The highest BCUT2D eigenvalue weighted by atomic mass is 15.2. The molecule has 1 aliphatic heterocycles. The molecule has 2 N–H and O–H groups in total. The molecule has 0 aliphatic carbocycles. The SMILES string of the molecule is NCCCC1CCCN1c1cnnc2ccccc12. The minimum absolute atomic E-state index is 0.608. The van der Waals surface area contributed by atoms with Gasteiger partial charge in [0.15, 0.2) is 0 Å². The Balaban J connectivity index is 1.94. The van der Waals surface area contributed by atoms with E-state index in [0.717, 1.165) is 25.0 Å². The van der Waals surface area contributed by atoms with E-state index in [1.165, 1.54) is 30.3 Å². The standard InChI is InChI=1S/C15H20N4/c16-9-3-5-12-6-4-10-19(12)15-11-17-18-14-8-2-1-7-13(14)15/h1-2,7-8,11-12H,3-6,9-10,16H2. The third kappa shape index (κ3) is 2.40. The molecule has 1 aromatic carbocycles. The lowest BCUT2D eigenvalue weighted by molar-refractivity contribution is 0.585. The van der Waals surface area contributed by atoms with Crippen LogP contribution in [0.3, 0.4) is 0 Å². The van der Waals surface area contributed by atoms with Crippen molar-refractivity contribution in [2.45, 2.75) is 31.7 Å². The number of hydrogen-bond acceptors (Lipinski definition) is 4. The molecule has 1 saturated heterocycles. The van der Waals surface area contributed by atoms with Gasteiger partial charge in [-0.3, -0.25) is 0 Å². The predicted octanol–water partition coefficient (Wildman–Crippen LogP) is 2.34. The van der Waals surface area contributed by atoms with Crippen LogP contribution in [0.25, 0.3) is 10.9 Å². The van der Waals surface area contributed by atoms with Gasteiger partial charge in [-0.1, -0.05) is 18.2 Å². The highest BCUT2D eigenvalue weighted by Crippen LogP contribution is 2.32. The van der Waals surface area contributed by atoms with Gasteiger partial charge in [0.05, 0.1) is 17.4 Å². The van der Waals surface area contributed by atoms with Crippen molar-refractivity contribution in [2.75, 3.05) is 18.0 Å². The molecule has 0 saturated carbocycles. The van der Waals surface area contributed by atoms with E-state index in [0.29, 0.717) is 6.04 Å². The first-order chi connectivity index (χ1) is 9.40. The average Bonchev–Trinajstić information content (AvgIpc) is 2.92. The Morgan fingerprint density at radius 1 is 1.32 bits per heavy atom. The maximum atomic E-state index is 5.64. The Bertz CT molecular complexity index is 549. The first kappa shape index (κ1) is 12.4. The fourth-order valence-electron chi connectivity index (χ4n) is 3.03. The van der Waals surface area contributed by atoms with Crippen molar-refractivity contribution in [3.8, 4) is 0 Å². The van der Waals surface area contributed by atoms with E-state index >= 15 is 0 Å². The van der Waals surface area contributed by atoms with Gasteiger partial charge in [-0.05, 0) is 38.3 Å². The van der Waals surface area contributed by atoms with Gasteiger partial charge >= 0.3 is 0 Å². The van der Waals surface area contributed by atoms with Crippen LogP contribution in [0.15, 0.2) is 30.5 Å². The van der Waals surface area contributed by atoms with Crippen molar-refractivity contribution in [3.05, 3.63) is 30.5 Å². The number of rotatable bonds is 4. The van der Waals surface area contributed by atoms with Crippen LogP contribution >= 0.6 is 0 Å². The van der Waals surface area contributed by atoms with Crippen LogP contribution in [0, 0.1) is 0 Å². The van der Waals surface area contributed by atoms with E-state index < -0.39 is 0 Å². The summed E-state index contributed by atoms with van der Waals surface area (Å²) >= 11 is 0. The zero-order chi connectivity index (χ0) is 13.1. The molecule has 3 rings (SSSR count). The van der Waals surface area contributed by atoms with Gasteiger partial charge in [-0.2, -0.15) is 10.2 Å². The van der Waals surface area contributed by atoms with Gasteiger partial charge in [0.25, 0.3) is 0 Å². The number of benzene rings is 1. The van der Waals surface area contributed by atoms with Gasteiger partial charge in [0.2, 0.25) is 0 Å². The molecule has 2 aromatic rings. The molecule has 2 heterocycles. The number of aromatic nitrogens is 2. The van der Waals surface area contributed by atoms with E-state index in [2.05, 4.69) is 27.2 Å². The molecule has 0 spiro atoms. The summed E-state index contributed by atoms with van der Waals surface area (Å²) in [5.41, 5.74) is 7.84. The van der Waals surface area contributed by atoms with E-state index in [1.54, 1.807) is 0 Å². The van der Waals surface area contributed by atoms with Crippen LogP contribution < -0.4 is 10.6 Å². The minimum atomic E-state index is 0.608. The van der Waals surface area contributed by atoms with Crippen molar-refractivity contribution in [3.63, 3.8) is 0 Å². The second-order valence-electron chi connectivity index (χ2n) is 5.17. The maximum Gasteiger partial charge on any atom is 0.0950 e. The number of hydrogen-bond donors (Lipinski definition) is 1. The van der Waals surface area contributed by atoms with Crippen LogP contribution in [0.5, 0.6) is 0 Å². The lowest BCUT2D eigenvalue weighted by Crippen LogP contribution is -2.30. The lowest BCUT2D eigenvalue weighted by atomic mass is 10.1. The van der Waals surface area contributed by atoms with Crippen molar-refractivity contribution in [1.82, 2.24) is 10.2 Å². The Hall–Kier alpha value is -1.68. The number of nitrogens with zero attached hydrogens (tertiary/aromatic N) is 3. The fraction of sp³-hybridized carbons (Fsp3) is 0.467. The van der Waals surface area contributed by atoms with E-state index in [1.807, 2.05) is 18.3 Å². The molecular weight excluding hydrogens is 236 g/mol. The molecule has 4 nitrogen and oxygen atoms in total. The summed E-state index contributed by atoms with van der Waals surface area (Å²) in [6.45, 7) is 1.89. The van der Waals surface area contributed by atoms with Crippen molar-refractivity contribution >= 4 is 16.6 Å². The van der Waals surface area contributed by atoms with E-state index in [9.17, 15) is 0 Å². The van der Waals surface area contributed by atoms with Crippen LogP contribution in [-0.2, 0) is 0 Å². The third-order valence-electron chi connectivity index (χ3n) is 3.95. The largest absolute Gasteiger partial charge is 0.367 e. The first-order valence-corrected chi connectivity index (χ1v) is 7.07. The number of nitrogens with two attached hydrogens (primary N) is 1. The molecule has 1 aromatic heterocycles. The van der Waals surface area contributed by atoms with Gasteiger partial charge in [-0.15, -0.1) is 0 Å². The first-order valence-electron chi connectivity index (χ1n) is 7.07. The second-order valence-corrected chi connectivity index (χ2v) is 5.17. The lowest BCUT2D eigenvalue weighted by Gasteiger charge is -2.27. The smallest absolute Gasteiger partial charge is 0.0950 e. The Kier molecular flexibility index (Phi) is 3.60. The minimum Gasteiger partial charge on any atom is -0.367 e. The summed E-state index contributed by atoms with van der Waals surface area (Å²) in [7, 11) is 0. The topological polar surface area (TPSA) is 55.0 Å². The van der Waals surface area contributed by atoms with Gasteiger partial charge in [-0.25, -0.2) is 0 Å². The molecule has 0 bridgehead atoms. The molecule has 1 atom stereocenters. The van der Waals surface area contributed by atoms with Crippen molar-refractivity contribution < 1.29 is 0 Å². The Morgan fingerprint density at radius 3 is 3.11 bits per heavy atom. The molecule has 19 heavy (non-hydrogen) atoms. The summed E-state index contributed by atoms with van der Waals surface area (Å²) in [4.78, 5) is 2.49. The molecule has 100 valence electrons. The third-order valence-corrected chi connectivity index (χ3v) is 3.95. The fourth-order valence-corrected chi connectivity index (χ4v) is 3.03. The molecule has 1 aliphatic rings. The highest BCUT2D eigenvalue weighted by Gasteiger charge is 2.25. The second kappa shape index (κ2) is 5.53. The summed E-state index contributed by atoms with van der Waals surface area (Å²) in [5.74, 6) is 0. The Labute approximate surface area is 113 Å². The Morgan fingerprint density at radius 2 is 2.21 bits per heavy atom. The predicted molar refractivity (Wildman–Crippen MR) is 78.2 cm³/mol. The molecule has 0 amide bonds. The molecular formula is C15H20N4. The van der Waals surface area contributed by atoms with Crippen molar-refractivity contribution in [2.24, 2.45) is 5.73 Å². The van der Waals surface area contributed by atoms with Gasteiger partial charge in [0.1, 0.15) is 0 Å². The number of fused-ring (bicyclic) bond motifs is 1. The average molecular weight is 256 g/mol. The number of anilines is 1. The van der Waals surface area contributed by atoms with Gasteiger partial charge < -0.3 is 10.6 Å². The van der Waals surface area contributed by atoms with E-state index in [4.69, 9.17) is 5.73 Å². The summed E-state index contributed by atoms with van der Waals surface area (Å²) < 4.78 is 0. The quantitative estimate of drug-likeness (QED) is 0.912. The highest BCUT2D eigenvalue weighted by molar-refractivity contribution is 5.90. The van der Waals surface area contributed by atoms with Crippen LogP contribution in [0.2, 0.25) is 0 Å². The maximum absolute atomic E-state index is 5.64. The van der Waals surface area contributed by atoms with E-state index in [-0.39, 0.29) is 0 Å². The molecule has 1 fully saturated rings. The van der Waals surface area contributed by atoms with Crippen LogP contribution in [0.1, 0.15) is 25.7 Å². The monoisotopic (exact) mass is 256 g/mol. The molecule has 0 radical (unpaired) electrons. The zero-order valence-electron chi connectivity index (χ0n) is 11.1. The normalized spacial score (nSPS) is 19.2. The van der Waals surface area contributed by atoms with Crippen LogP contribution in [-0.4, -0.2) is 29.3 Å². The molecule has 1 unspecified atom stereocenters.